The Hall–Kier alpha value is 0.0569. The standard InChI is InChI=1S/C12H28O4Si/c1-7-11(3)16-10-12(13,9-15-8-2)17(5,6)14-4/h11,13H,7-10H2,1-6H3. The number of rotatable bonds is 9. The summed E-state index contributed by atoms with van der Waals surface area (Å²) in [6.07, 6.45) is 1.07. The average molecular weight is 264 g/mol. The van der Waals surface area contributed by atoms with Gasteiger partial charge in [-0.05, 0) is 33.4 Å². The first-order valence-electron chi connectivity index (χ1n) is 6.29. The lowest BCUT2D eigenvalue weighted by atomic mass is 10.3. The Morgan fingerprint density at radius 1 is 1.24 bits per heavy atom. The van der Waals surface area contributed by atoms with E-state index in [-0.39, 0.29) is 19.3 Å². The molecular formula is C12H28O4Si. The van der Waals surface area contributed by atoms with Crippen LogP contribution in [0.1, 0.15) is 27.2 Å². The summed E-state index contributed by atoms with van der Waals surface area (Å²) >= 11 is 0. The minimum absolute atomic E-state index is 0.143. The van der Waals surface area contributed by atoms with Gasteiger partial charge in [0, 0.05) is 13.7 Å². The highest BCUT2D eigenvalue weighted by Gasteiger charge is 2.47. The van der Waals surface area contributed by atoms with Crippen LogP contribution in [0.25, 0.3) is 0 Å². The molecule has 17 heavy (non-hydrogen) atoms. The molecule has 4 nitrogen and oxygen atoms in total. The van der Waals surface area contributed by atoms with Crippen molar-refractivity contribution in [3.63, 3.8) is 0 Å². The van der Waals surface area contributed by atoms with Crippen molar-refractivity contribution in [2.45, 2.75) is 51.6 Å². The van der Waals surface area contributed by atoms with E-state index in [9.17, 15) is 5.11 Å². The van der Waals surface area contributed by atoms with Crippen LogP contribution in [0.2, 0.25) is 13.1 Å². The number of aliphatic hydroxyl groups is 1. The molecule has 0 rings (SSSR count). The number of ether oxygens (including phenoxy) is 2. The molecule has 0 aromatic carbocycles. The van der Waals surface area contributed by atoms with E-state index in [4.69, 9.17) is 13.9 Å². The molecule has 104 valence electrons. The molecular weight excluding hydrogens is 236 g/mol. The molecule has 0 saturated heterocycles. The van der Waals surface area contributed by atoms with Crippen LogP contribution in [0, 0.1) is 0 Å². The predicted octanol–water partition coefficient (Wildman–Crippen LogP) is 1.96. The van der Waals surface area contributed by atoms with Crippen LogP contribution >= 0.6 is 0 Å². The van der Waals surface area contributed by atoms with Crippen molar-refractivity contribution in [1.82, 2.24) is 0 Å². The molecule has 0 aliphatic heterocycles. The van der Waals surface area contributed by atoms with Crippen LogP contribution in [0.4, 0.5) is 0 Å². The maximum atomic E-state index is 10.7. The highest BCUT2D eigenvalue weighted by atomic mass is 28.4. The highest BCUT2D eigenvalue weighted by molar-refractivity contribution is 6.74. The molecule has 0 heterocycles. The van der Waals surface area contributed by atoms with Gasteiger partial charge in [0.05, 0.1) is 19.3 Å². The van der Waals surface area contributed by atoms with E-state index in [2.05, 4.69) is 6.92 Å². The van der Waals surface area contributed by atoms with E-state index >= 15 is 0 Å². The topological polar surface area (TPSA) is 47.9 Å². The fraction of sp³-hybridized carbons (Fsp3) is 1.00. The lowest BCUT2D eigenvalue weighted by Crippen LogP contribution is -2.62. The van der Waals surface area contributed by atoms with Gasteiger partial charge in [-0.3, -0.25) is 0 Å². The Morgan fingerprint density at radius 2 is 1.82 bits per heavy atom. The summed E-state index contributed by atoms with van der Waals surface area (Å²) in [4.78, 5) is 0. The van der Waals surface area contributed by atoms with Crippen molar-refractivity contribution >= 4 is 8.32 Å². The second kappa shape index (κ2) is 7.48. The fourth-order valence-corrected chi connectivity index (χ4v) is 2.51. The maximum Gasteiger partial charge on any atom is 0.223 e. The summed E-state index contributed by atoms with van der Waals surface area (Å²) in [6, 6.07) is 0. The van der Waals surface area contributed by atoms with Crippen LogP contribution in [0.15, 0.2) is 0 Å². The molecule has 0 aromatic rings. The minimum Gasteiger partial charge on any atom is -0.417 e. The van der Waals surface area contributed by atoms with Gasteiger partial charge in [-0.15, -0.1) is 0 Å². The first kappa shape index (κ1) is 17.1. The van der Waals surface area contributed by atoms with Gasteiger partial charge in [0.15, 0.2) is 0 Å². The second-order valence-corrected chi connectivity index (χ2v) is 9.27. The van der Waals surface area contributed by atoms with Gasteiger partial charge in [0.25, 0.3) is 0 Å². The van der Waals surface area contributed by atoms with Gasteiger partial charge in [0.1, 0.15) is 5.22 Å². The zero-order chi connectivity index (χ0) is 13.5. The predicted molar refractivity (Wildman–Crippen MR) is 71.6 cm³/mol. The van der Waals surface area contributed by atoms with Crippen molar-refractivity contribution in [3.05, 3.63) is 0 Å². The van der Waals surface area contributed by atoms with Crippen molar-refractivity contribution in [2.24, 2.45) is 0 Å². The summed E-state index contributed by atoms with van der Waals surface area (Å²) in [5.41, 5.74) is 0. The monoisotopic (exact) mass is 264 g/mol. The maximum absolute atomic E-state index is 10.7. The Balaban J connectivity index is 4.60. The summed E-state index contributed by atoms with van der Waals surface area (Å²) in [6.45, 7) is 11.1. The molecule has 0 amide bonds. The van der Waals surface area contributed by atoms with Crippen LogP contribution in [0.5, 0.6) is 0 Å². The molecule has 0 spiro atoms. The largest absolute Gasteiger partial charge is 0.417 e. The quantitative estimate of drug-likeness (QED) is 0.647. The molecule has 0 aromatic heterocycles. The van der Waals surface area contributed by atoms with Crippen molar-refractivity contribution in [1.29, 1.82) is 0 Å². The first-order valence-corrected chi connectivity index (χ1v) is 9.20. The third-order valence-electron chi connectivity index (χ3n) is 3.36. The zero-order valence-electron chi connectivity index (χ0n) is 12.1. The van der Waals surface area contributed by atoms with Crippen LogP contribution in [-0.2, 0) is 13.9 Å². The Bertz CT molecular complexity index is 211. The summed E-state index contributed by atoms with van der Waals surface area (Å²) in [7, 11) is -0.597. The third kappa shape index (κ3) is 5.05. The summed E-state index contributed by atoms with van der Waals surface area (Å²) in [5, 5.41) is 9.70. The Labute approximate surface area is 106 Å². The Kier molecular flexibility index (Phi) is 7.51. The summed E-state index contributed by atoms with van der Waals surface area (Å²) in [5.74, 6) is 0. The van der Waals surface area contributed by atoms with Gasteiger partial charge in [-0.25, -0.2) is 0 Å². The Morgan fingerprint density at radius 3 is 2.24 bits per heavy atom. The molecule has 1 N–H and O–H groups in total. The SMILES string of the molecule is CCOCC(O)(COC(C)CC)[Si](C)(C)OC. The van der Waals surface area contributed by atoms with Gasteiger partial charge >= 0.3 is 0 Å². The molecule has 5 heteroatoms. The molecule has 2 atom stereocenters. The van der Waals surface area contributed by atoms with Gasteiger partial charge in [-0.2, -0.15) is 0 Å². The van der Waals surface area contributed by atoms with E-state index in [0.29, 0.717) is 6.61 Å². The lowest BCUT2D eigenvalue weighted by Gasteiger charge is -2.39. The zero-order valence-corrected chi connectivity index (χ0v) is 13.1. The second-order valence-electron chi connectivity index (χ2n) is 4.91. The molecule has 0 bridgehead atoms. The van der Waals surface area contributed by atoms with Crippen LogP contribution in [0.3, 0.4) is 0 Å². The third-order valence-corrected chi connectivity index (χ3v) is 6.91. The van der Waals surface area contributed by atoms with Crippen molar-refractivity contribution in [2.75, 3.05) is 26.9 Å². The molecule has 2 unspecified atom stereocenters. The first-order chi connectivity index (χ1) is 7.83. The van der Waals surface area contributed by atoms with E-state index in [1.54, 1.807) is 7.11 Å². The normalized spacial score (nSPS) is 17.8. The molecule has 0 fully saturated rings. The van der Waals surface area contributed by atoms with E-state index in [0.717, 1.165) is 6.42 Å². The van der Waals surface area contributed by atoms with Crippen molar-refractivity contribution < 1.29 is 19.0 Å². The number of hydrogen-bond donors (Lipinski definition) is 1. The van der Waals surface area contributed by atoms with Gasteiger partial charge < -0.3 is 19.0 Å². The smallest absolute Gasteiger partial charge is 0.223 e. The minimum atomic E-state index is -2.24. The van der Waals surface area contributed by atoms with Gasteiger partial charge in [0.2, 0.25) is 8.32 Å². The van der Waals surface area contributed by atoms with E-state index in [1.165, 1.54) is 0 Å². The fourth-order valence-electron chi connectivity index (χ4n) is 1.25. The average Bonchev–Trinajstić information content (AvgIpc) is 2.32. The molecule has 0 aliphatic rings. The highest BCUT2D eigenvalue weighted by Crippen LogP contribution is 2.23. The molecule has 0 radical (unpaired) electrons. The lowest BCUT2D eigenvalue weighted by molar-refractivity contribution is -0.0756. The van der Waals surface area contributed by atoms with E-state index < -0.39 is 13.5 Å². The van der Waals surface area contributed by atoms with Crippen LogP contribution in [-0.4, -0.2) is 51.7 Å². The van der Waals surface area contributed by atoms with Crippen LogP contribution < -0.4 is 0 Å². The van der Waals surface area contributed by atoms with Gasteiger partial charge in [-0.1, -0.05) is 6.92 Å². The molecule has 0 saturated carbocycles. The van der Waals surface area contributed by atoms with Crippen molar-refractivity contribution in [3.8, 4) is 0 Å². The van der Waals surface area contributed by atoms with E-state index in [1.807, 2.05) is 26.9 Å². The summed E-state index contributed by atoms with van der Waals surface area (Å²) < 4.78 is 16.5. The number of hydrogen-bond acceptors (Lipinski definition) is 4. The molecule has 0 aliphatic carbocycles.